The maximum atomic E-state index is 14.2. The van der Waals surface area contributed by atoms with E-state index in [-0.39, 0.29) is 114 Å². The molecular formula is C41H51N7O12S5. The number of aliphatic hydroxyl groups excluding tert-OH is 2. The van der Waals surface area contributed by atoms with Gasteiger partial charge in [-0.05, 0) is 61.1 Å². The highest BCUT2D eigenvalue weighted by molar-refractivity contribution is 7.91. The Morgan fingerprint density at radius 1 is 0.723 bits per heavy atom. The Morgan fingerprint density at radius 2 is 1.11 bits per heavy atom. The predicted molar refractivity (Wildman–Crippen MR) is 241 cm³/mol. The molecule has 0 aromatic carbocycles. The number of carbonyl (C=O) groups is 2. The minimum absolute atomic E-state index is 0.0487. The van der Waals surface area contributed by atoms with Crippen LogP contribution in [-0.2, 0) is 62.2 Å². The lowest BCUT2D eigenvalue weighted by Gasteiger charge is -2.42. The molecule has 4 fully saturated rings. The van der Waals surface area contributed by atoms with Crippen molar-refractivity contribution in [2.24, 2.45) is 32.5 Å². The lowest BCUT2D eigenvalue weighted by molar-refractivity contribution is -0.133. The summed E-state index contributed by atoms with van der Waals surface area (Å²) in [6, 6.07) is -0.766. The number of carbonyl (C=O) groups excluding carboxylic acids is 2. The van der Waals surface area contributed by atoms with Gasteiger partial charge in [-0.1, -0.05) is 27.7 Å². The number of nitrogens with one attached hydrogen (secondary N) is 2. The SMILES string of the molecule is CC(C)CCN1C(=O)C(C2=NS(=O)(=O)c3c(CN(Cc4csc5c4S(=O)(=O)N=C(C4=C(O)C6C7CCC(O7)C6N(CCC(C)C)C4=O)N5)S(C)(=O)=O)csc3N2)=C(O)C2C3CCC(O3)C21. The van der Waals surface area contributed by atoms with Gasteiger partial charge in [-0.25, -0.2) is 8.42 Å². The highest BCUT2D eigenvalue weighted by Gasteiger charge is 2.60. The average Bonchev–Trinajstić information content (AvgIpc) is 4.07. The fraction of sp³-hybridized carbons (Fsp3) is 0.610. The Labute approximate surface area is 385 Å². The van der Waals surface area contributed by atoms with Gasteiger partial charge in [-0.2, -0.15) is 21.1 Å². The van der Waals surface area contributed by atoms with E-state index in [1.54, 1.807) is 9.80 Å². The van der Waals surface area contributed by atoms with Gasteiger partial charge in [0.25, 0.3) is 31.9 Å². The number of amides is 2. The number of thiophene rings is 2. The van der Waals surface area contributed by atoms with Crippen molar-refractivity contribution in [3.8, 4) is 0 Å². The van der Waals surface area contributed by atoms with E-state index >= 15 is 0 Å². The molecule has 8 aliphatic heterocycles. The first kappa shape index (κ1) is 44.9. The van der Waals surface area contributed by atoms with E-state index in [4.69, 9.17) is 9.47 Å². The molecule has 10 rings (SSSR count). The molecule has 0 spiro atoms. The Hall–Kier alpha value is -3.91. The molecule has 352 valence electrons. The minimum atomic E-state index is -4.60. The molecule has 8 aliphatic rings. The molecule has 10 heterocycles. The molecule has 4 saturated heterocycles. The first-order valence-electron chi connectivity index (χ1n) is 21.8. The zero-order valence-electron chi connectivity index (χ0n) is 36.3. The number of hydrogen-bond acceptors (Lipinski definition) is 16. The molecule has 2 aromatic rings. The van der Waals surface area contributed by atoms with Crippen molar-refractivity contribution in [2.75, 3.05) is 30.0 Å². The van der Waals surface area contributed by atoms with Crippen molar-refractivity contribution in [1.29, 1.82) is 0 Å². The van der Waals surface area contributed by atoms with Crippen molar-refractivity contribution in [1.82, 2.24) is 14.1 Å². The summed E-state index contributed by atoms with van der Waals surface area (Å²) >= 11 is 1.90. The Bertz CT molecular complexity index is 2690. The second-order valence-electron chi connectivity index (χ2n) is 18.9. The monoisotopic (exact) mass is 993 g/mol. The standard InChI is InChI=1S/C41H51N7O12S5/c1-18(2)10-12-47-30-24-8-6-22(59-24)26(30)32(49)28(40(47)51)36-42-38-34(64(55,56)44-36)20(16-61-38)14-46(63(5,53)54)15-21-17-62-39-35(21)65(57,58)45-37(43-39)29-33(50)27-23-7-9-25(60-23)31(27)48(41(29)52)13-11-19(3)4/h16-19,22-27,30-31,49-50H,6-15H2,1-5H3,(H,42,44)(H,43,45). The smallest absolute Gasteiger partial charge is 0.287 e. The van der Waals surface area contributed by atoms with Crippen LogP contribution >= 0.6 is 22.7 Å². The lowest BCUT2D eigenvalue weighted by atomic mass is 9.77. The van der Waals surface area contributed by atoms with Crippen LogP contribution in [0.3, 0.4) is 0 Å². The molecule has 19 nitrogen and oxygen atoms in total. The third-order valence-electron chi connectivity index (χ3n) is 13.8. The van der Waals surface area contributed by atoms with Crippen LogP contribution in [0.4, 0.5) is 10.0 Å². The van der Waals surface area contributed by atoms with Crippen LogP contribution in [0.2, 0.25) is 0 Å². The van der Waals surface area contributed by atoms with E-state index in [0.29, 0.717) is 38.8 Å². The van der Waals surface area contributed by atoms with Crippen LogP contribution in [0.1, 0.15) is 77.3 Å². The van der Waals surface area contributed by atoms with Gasteiger partial charge in [-0.15, -0.1) is 31.5 Å². The van der Waals surface area contributed by atoms with Gasteiger partial charge in [0.2, 0.25) is 10.0 Å². The third kappa shape index (κ3) is 7.35. The molecule has 65 heavy (non-hydrogen) atoms. The van der Waals surface area contributed by atoms with Crippen molar-refractivity contribution in [3.05, 3.63) is 44.6 Å². The van der Waals surface area contributed by atoms with E-state index in [2.05, 4.69) is 19.4 Å². The largest absolute Gasteiger partial charge is 0.511 e. The van der Waals surface area contributed by atoms with Crippen LogP contribution < -0.4 is 10.6 Å². The second kappa shape index (κ2) is 15.8. The minimum Gasteiger partial charge on any atom is -0.511 e. The summed E-state index contributed by atoms with van der Waals surface area (Å²) in [5, 5.41) is 32.2. The second-order valence-corrected chi connectivity index (χ2v) is 25.8. The third-order valence-corrected chi connectivity index (χ3v) is 20.0. The molecule has 24 heteroatoms. The highest BCUT2D eigenvalue weighted by Crippen LogP contribution is 2.51. The molecule has 8 unspecified atom stereocenters. The van der Waals surface area contributed by atoms with E-state index in [0.717, 1.165) is 46.1 Å². The summed E-state index contributed by atoms with van der Waals surface area (Å²) in [5.41, 5.74) is -0.398. The average molecular weight is 994 g/mol. The highest BCUT2D eigenvalue weighted by atomic mass is 32.2. The van der Waals surface area contributed by atoms with Crippen molar-refractivity contribution >= 4 is 86.2 Å². The molecule has 8 atom stereocenters. The Balaban J connectivity index is 0.923. The topological polar surface area (TPSA) is 254 Å². The molecule has 0 radical (unpaired) electrons. The molecule has 4 bridgehead atoms. The van der Waals surface area contributed by atoms with Gasteiger partial charge in [0.05, 0.1) is 54.6 Å². The van der Waals surface area contributed by atoms with Gasteiger partial charge in [0.1, 0.15) is 42.5 Å². The van der Waals surface area contributed by atoms with Crippen LogP contribution in [0.15, 0.2) is 52.0 Å². The zero-order valence-corrected chi connectivity index (χ0v) is 40.3. The summed E-state index contributed by atoms with van der Waals surface area (Å²) in [5.74, 6) is -2.89. The van der Waals surface area contributed by atoms with Gasteiger partial charge >= 0.3 is 0 Å². The summed E-state index contributed by atoms with van der Waals surface area (Å²) in [6.07, 6.45) is 3.99. The van der Waals surface area contributed by atoms with Crippen molar-refractivity contribution in [3.63, 3.8) is 0 Å². The maximum absolute atomic E-state index is 14.2. The maximum Gasteiger partial charge on any atom is 0.287 e. The van der Waals surface area contributed by atoms with Gasteiger partial charge in [-0.3, -0.25) is 9.59 Å². The van der Waals surface area contributed by atoms with Gasteiger partial charge < -0.3 is 40.1 Å². The predicted octanol–water partition coefficient (Wildman–Crippen LogP) is 4.29. The van der Waals surface area contributed by atoms with Crippen molar-refractivity contribution in [2.45, 2.75) is 126 Å². The molecule has 2 amide bonds. The molecular weight excluding hydrogens is 943 g/mol. The first-order valence-corrected chi connectivity index (χ1v) is 28.3. The van der Waals surface area contributed by atoms with E-state index in [1.807, 2.05) is 27.7 Å². The van der Waals surface area contributed by atoms with E-state index in [9.17, 15) is 45.1 Å². The van der Waals surface area contributed by atoms with Crippen LogP contribution in [0.25, 0.3) is 0 Å². The summed E-state index contributed by atoms with van der Waals surface area (Å²) in [4.78, 5) is 31.1. The summed E-state index contributed by atoms with van der Waals surface area (Å²) in [7, 11) is -13.4. The molecule has 2 aromatic heterocycles. The van der Waals surface area contributed by atoms with Gasteiger partial charge in [0, 0.05) is 37.3 Å². The van der Waals surface area contributed by atoms with E-state index in [1.165, 1.54) is 10.8 Å². The normalized spacial score (nSPS) is 30.8. The number of sulfonamides is 3. The van der Waals surface area contributed by atoms with E-state index < -0.39 is 66.8 Å². The molecule has 0 saturated carbocycles. The zero-order chi connectivity index (χ0) is 46.2. The number of aliphatic hydroxyl groups is 2. The summed E-state index contributed by atoms with van der Waals surface area (Å²) < 4.78 is 104. The number of fused-ring (bicyclic) bond motifs is 12. The van der Waals surface area contributed by atoms with Gasteiger partial charge in [0.15, 0.2) is 11.7 Å². The number of rotatable bonds is 13. The van der Waals surface area contributed by atoms with Crippen molar-refractivity contribution < 1.29 is 54.5 Å². The fourth-order valence-corrected chi connectivity index (χ4v) is 16.8. The number of ether oxygens (including phenoxy) is 2. The number of nitrogens with zero attached hydrogens (tertiary/aromatic N) is 5. The number of amidine groups is 2. The van der Waals surface area contributed by atoms with Crippen LogP contribution in [0.5, 0.6) is 0 Å². The lowest BCUT2D eigenvalue weighted by Crippen LogP contribution is -2.56. The quantitative estimate of drug-likeness (QED) is 0.219. The Kier molecular flexibility index (Phi) is 10.9. The number of anilines is 2. The number of hydrogen-bond donors (Lipinski definition) is 4. The molecule has 4 N–H and O–H groups in total. The van der Waals surface area contributed by atoms with Crippen LogP contribution in [-0.4, -0.2) is 129 Å². The summed E-state index contributed by atoms with van der Waals surface area (Å²) in [6.45, 7) is 7.89. The van der Waals surface area contributed by atoms with Crippen LogP contribution in [0, 0.1) is 23.7 Å². The first-order chi connectivity index (χ1) is 30.6. The fourth-order valence-electron chi connectivity index (χ4n) is 10.8. The Morgan fingerprint density at radius 3 is 1.48 bits per heavy atom. The molecule has 0 aliphatic carbocycles.